The van der Waals surface area contributed by atoms with Crippen molar-refractivity contribution in [2.24, 2.45) is 0 Å². The Morgan fingerprint density at radius 2 is 1.48 bits per heavy atom. The third-order valence-corrected chi connectivity index (χ3v) is 3.94. The van der Waals surface area contributed by atoms with Crippen LogP contribution in [0.1, 0.15) is 22.3 Å². The van der Waals surface area contributed by atoms with Gasteiger partial charge in [0.2, 0.25) is 11.8 Å². The predicted octanol–water partition coefficient (Wildman–Crippen LogP) is 2.68. The van der Waals surface area contributed by atoms with Crippen LogP contribution in [-0.4, -0.2) is 16.9 Å². The van der Waals surface area contributed by atoms with Gasteiger partial charge in [-0.15, -0.1) is 0 Å². The molecule has 2 aromatic carbocycles. The number of aromatic hydroxyl groups is 1. The van der Waals surface area contributed by atoms with Crippen LogP contribution in [0, 0.1) is 13.8 Å². The largest absolute Gasteiger partial charge is 0.508 e. The number of anilines is 2. The second-order valence-electron chi connectivity index (χ2n) is 5.91. The van der Waals surface area contributed by atoms with Crippen LogP contribution in [0.15, 0.2) is 30.3 Å². The van der Waals surface area contributed by atoms with Gasteiger partial charge in [-0.25, -0.2) is 0 Å². The van der Waals surface area contributed by atoms with Gasteiger partial charge in [0.25, 0.3) is 0 Å². The molecule has 3 N–H and O–H groups in total. The van der Waals surface area contributed by atoms with Crippen molar-refractivity contribution in [2.75, 3.05) is 10.6 Å². The van der Waals surface area contributed by atoms with Gasteiger partial charge >= 0.3 is 0 Å². The summed E-state index contributed by atoms with van der Waals surface area (Å²) >= 11 is 0. The molecule has 118 valence electrons. The standard InChI is InChI=1S/C9H9NO2.C9H9NO/c1-5-2-7-6(3-8(5)11)4-9(12)10-7;1-6-2-3-7-5-9(11)10-8(7)4-6/h2-3,11H,4H2,1H3,(H,10,12);2-4H,5H2,1H3,(H,10,11). The van der Waals surface area contributed by atoms with E-state index >= 15 is 0 Å². The number of carbonyl (C=O) groups excluding carboxylic acids is 2. The number of carbonyl (C=O) groups is 2. The highest BCUT2D eigenvalue weighted by molar-refractivity contribution is 5.99. The second kappa shape index (κ2) is 5.76. The van der Waals surface area contributed by atoms with Gasteiger partial charge in [0.05, 0.1) is 12.8 Å². The van der Waals surface area contributed by atoms with Gasteiger partial charge in [0.15, 0.2) is 0 Å². The van der Waals surface area contributed by atoms with Crippen molar-refractivity contribution in [2.45, 2.75) is 26.7 Å². The van der Waals surface area contributed by atoms with Crippen LogP contribution < -0.4 is 10.6 Å². The molecule has 0 radical (unpaired) electrons. The summed E-state index contributed by atoms with van der Waals surface area (Å²) in [5.41, 5.74) is 5.77. The van der Waals surface area contributed by atoms with Gasteiger partial charge in [0, 0.05) is 11.4 Å². The molecule has 2 aromatic rings. The molecule has 4 rings (SSSR count). The molecule has 23 heavy (non-hydrogen) atoms. The number of nitrogens with one attached hydrogen (secondary N) is 2. The molecule has 0 bridgehead atoms. The molecule has 2 aliphatic rings. The van der Waals surface area contributed by atoms with Crippen LogP contribution >= 0.6 is 0 Å². The minimum Gasteiger partial charge on any atom is -0.508 e. The van der Waals surface area contributed by atoms with Crippen molar-refractivity contribution < 1.29 is 14.7 Å². The van der Waals surface area contributed by atoms with Crippen molar-refractivity contribution >= 4 is 23.2 Å². The Bertz CT molecular complexity index is 779. The lowest BCUT2D eigenvalue weighted by atomic mass is 10.1. The van der Waals surface area contributed by atoms with E-state index in [1.165, 1.54) is 5.56 Å². The molecule has 5 nitrogen and oxygen atoms in total. The van der Waals surface area contributed by atoms with Gasteiger partial charge in [-0.05, 0) is 54.3 Å². The number of rotatable bonds is 0. The van der Waals surface area contributed by atoms with Gasteiger partial charge in [-0.1, -0.05) is 12.1 Å². The highest BCUT2D eigenvalue weighted by Gasteiger charge is 2.18. The molecule has 0 saturated heterocycles. The molecule has 2 aliphatic heterocycles. The van der Waals surface area contributed by atoms with Crippen molar-refractivity contribution in [1.29, 1.82) is 0 Å². The topological polar surface area (TPSA) is 78.4 Å². The van der Waals surface area contributed by atoms with Gasteiger partial charge in [-0.3, -0.25) is 9.59 Å². The summed E-state index contributed by atoms with van der Waals surface area (Å²) in [6.45, 7) is 3.82. The Hall–Kier alpha value is -2.82. The van der Waals surface area contributed by atoms with Crippen molar-refractivity contribution in [3.8, 4) is 5.75 Å². The average Bonchev–Trinajstić information content (AvgIpc) is 3.00. The quantitative estimate of drug-likeness (QED) is 0.655. The van der Waals surface area contributed by atoms with Crippen molar-refractivity contribution in [3.63, 3.8) is 0 Å². The highest BCUT2D eigenvalue weighted by atomic mass is 16.3. The van der Waals surface area contributed by atoms with Crippen LogP contribution in [0.3, 0.4) is 0 Å². The Balaban J connectivity index is 0.000000136. The fourth-order valence-corrected chi connectivity index (χ4v) is 2.70. The van der Waals surface area contributed by atoms with Crippen LogP contribution in [0.5, 0.6) is 5.75 Å². The monoisotopic (exact) mass is 310 g/mol. The number of aryl methyl sites for hydroxylation is 2. The van der Waals surface area contributed by atoms with Gasteiger partial charge < -0.3 is 15.7 Å². The van der Waals surface area contributed by atoms with E-state index in [1.54, 1.807) is 19.1 Å². The Labute approximate surface area is 134 Å². The maximum absolute atomic E-state index is 10.9. The highest BCUT2D eigenvalue weighted by Crippen LogP contribution is 2.29. The third-order valence-electron chi connectivity index (χ3n) is 3.94. The van der Waals surface area contributed by atoms with E-state index in [4.69, 9.17) is 0 Å². The zero-order valence-corrected chi connectivity index (χ0v) is 13.1. The first-order valence-corrected chi connectivity index (χ1v) is 7.44. The molecule has 0 aromatic heterocycles. The minimum atomic E-state index is -0.00463. The Morgan fingerprint density at radius 3 is 2.17 bits per heavy atom. The van der Waals surface area contributed by atoms with E-state index in [2.05, 4.69) is 10.6 Å². The summed E-state index contributed by atoms with van der Waals surface area (Å²) in [4.78, 5) is 21.8. The van der Waals surface area contributed by atoms with Crippen LogP contribution in [0.2, 0.25) is 0 Å². The summed E-state index contributed by atoms with van der Waals surface area (Å²) in [5.74, 6) is 0.353. The molecule has 0 spiro atoms. The maximum atomic E-state index is 10.9. The second-order valence-corrected chi connectivity index (χ2v) is 5.91. The Morgan fingerprint density at radius 1 is 0.870 bits per heavy atom. The molecule has 5 heteroatoms. The molecule has 0 fully saturated rings. The average molecular weight is 310 g/mol. The minimum absolute atomic E-state index is 0.00463. The van der Waals surface area contributed by atoms with E-state index in [1.807, 2.05) is 25.1 Å². The van der Waals surface area contributed by atoms with E-state index in [9.17, 15) is 14.7 Å². The maximum Gasteiger partial charge on any atom is 0.228 e. The van der Waals surface area contributed by atoms with Crippen LogP contribution in [0.25, 0.3) is 0 Å². The Kier molecular flexibility index (Phi) is 3.78. The van der Waals surface area contributed by atoms with Gasteiger partial charge in [0.1, 0.15) is 5.75 Å². The first-order chi connectivity index (χ1) is 10.9. The first kappa shape index (κ1) is 15.1. The predicted molar refractivity (Wildman–Crippen MR) is 88.7 cm³/mol. The van der Waals surface area contributed by atoms with E-state index in [0.717, 1.165) is 28.1 Å². The molecular weight excluding hydrogens is 292 g/mol. The summed E-state index contributed by atoms with van der Waals surface area (Å²) in [7, 11) is 0. The number of phenolic OH excluding ortho intramolecular Hbond substituents is 1. The smallest absolute Gasteiger partial charge is 0.228 e. The number of hydrogen-bond donors (Lipinski definition) is 3. The number of amides is 2. The third kappa shape index (κ3) is 3.18. The lowest BCUT2D eigenvalue weighted by molar-refractivity contribution is -0.115. The number of fused-ring (bicyclic) bond motifs is 2. The normalized spacial score (nSPS) is 14.3. The van der Waals surface area contributed by atoms with Crippen LogP contribution in [-0.2, 0) is 22.4 Å². The van der Waals surface area contributed by atoms with E-state index < -0.39 is 0 Å². The van der Waals surface area contributed by atoms with E-state index in [-0.39, 0.29) is 17.6 Å². The molecule has 0 atom stereocenters. The van der Waals surface area contributed by atoms with Crippen LogP contribution in [0.4, 0.5) is 11.4 Å². The first-order valence-electron chi connectivity index (χ1n) is 7.44. The zero-order valence-electron chi connectivity index (χ0n) is 13.1. The summed E-state index contributed by atoms with van der Waals surface area (Å²) in [6, 6.07) is 9.46. The number of hydrogen-bond acceptors (Lipinski definition) is 3. The van der Waals surface area contributed by atoms with Gasteiger partial charge in [-0.2, -0.15) is 0 Å². The fourth-order valence-electron chi connectivity index (χ4n) is 2.70. The summed E-state index contributed by atoms with van der Waals surface area (Å²) in [5, 5.41) is 14.8. The summed E-state index contributed by atoms with van der Waals surface area (Å²) < 4.78 is 0. The molecule has 0 saturated carbocycles. The summed E-state index contributed by atoms with van der Waals surface area (Å²) in [6.07, 6.45) is 0.915. The zero-order chi connectivity index (χ0) is 16.6. The SMILES string of the molecule is Cc1cc2c(cc1O)CC(=O)N2.Cc1ccc2c(c1)NC(=O)C2. The molecule has 0 aliphatic carbocycles. The van der Waals surface area contributed by atoms with Crippen molar-refractivity contribution in [1.82, 2.24) is 0 Å². The van der Waals surface area contributed by atoms with Crippen molar-refractivity contribution in [3.05, 3.63) is 52.6 Å². The molecule has 2 heterocycles. The molecular formula is C18H18N2O3. The fraction of sp³-hybridized carbons (Fsp3) is 0.222. The molecule has 0 unspecified atom stereocenters. The lowest BCUT2D eigenvalue weighted by Gasteiger charge is -2.02. The number of phenols is 1. The number of benzene rings is 2. The van der Waals surface area contributed by atoms with E-state index in [0.29, 0.717) is 12.8 Å². The molecule has 2 amide bonds. The lowest BCUT2D eigenvalue weighted by Crippen LogP contribution is -2.03.